The maximum Gasteiger partial charge on any atom is -0.0297 e. The first-order valence-corrected chi connectivity index (χ1v) is 5.74. The van der Waals surface area contributed by atoms with Gasteiger partial charge in [0.05, 0.1) is 0 Å². The van der Waals surface area contributed by atoms with Gasteiger partial charge in [-0.1, -0.05) is 40.5 Å². The molecule has 0 aromatic rings. The zero-order chi connectivity index (χ0) is 9.19. The van der Waals surface area contributed by atoms with Crippen molar-refractivity contribution < 1.29 is 0 Å². The Bertz CT molecular complexity index is 139. The van der Waals surface area contributed by atoms with Crippen molar-refractivity contribution >= 4 is 0 Å². The molecule has 3 unspecified atom stereocenters. The molecule has 0 heteroatoms. The molecule has 0 spiro atoms. The fraction of sp³-hybridized carbons (Fsp3) is 1.00. The summed E-state index contributed by atoms with van der Waals surface area (Å²) in [6.07, 6.45) is 7.59. The predicted octanol–water partition coefficient (Wildman–Crippen LogP) is 4.25. The van der Waals surface area contributed by atoms with Gasteiger partial charge in [0.15, 0.2) is 0 Å². The van der Waals surface area contributed by atoms with E-state index in [4.69, 9.17) is 0 Å². The van der Waals surface area contributed by atoms with Crippen LogP contribution in [-0.2, 0) is 0 Å². The second kappa shape index (κ2) is 3.81. The molecular weight excluding hydrogens is 144 g/mol. The molecule has 12 heavy (non-hydrogen) atoms. The zero-order valence-corrected chi connectivity index (χ0v) is 9.19. The van der Waals surface area contributed by atoms with Gasteiger partial charge in [-0.3, -0.25) is 0 Å². The van der Waals surface area contributed by atoms with Crippen molar-refractivity contribution in [3.05, 3.63) is 0 Å². The summed E-state index contributed by atoms with van der Waals surface area (Å²) in [6, 6.07) is 0. The van der Waals surface area contributed by atoms with E-state index in [1.165, 1.54) is 19.3 Å². The van der Waals surface area contributed by atoms with Crippen LogP contribution in [0, 0.1) is 17.3 Å². The van der Waals surface area contributed by atoms with E-state index in [1.54, 1.807) is 12.8 Å². The summed E-state index contributed by atoms with van der Waals surface area (Å²) >= 11 is 0. The van der Waals surface area contributed by atoms with Gasteiger partial charge < -0.3 is 0 Å². The fourth-order valence-electron chi connectivity index (χ4n) is 3.15. The van der Waals surface area contributed by atoms with Gasteiger partial charge in [-0.15, -0.1) is 0 Å². The minimum absolute atomic E-state index is 0.753. The molecule has 2 fully saturated rings. The Kier molecular flexibility index (Phi) is 3.20. The molecule has 0 aliphatic heterocycles. The van der Waals surface area contributed by atoms with Crippen molar-refractivity contribution in [2.24, 2.45) is 17.3 Å². The highest BCUT2D eigenvalue weighted by molar-refractivity contribution is 4.96. The monoisotopic (exact) mass is 168 g/mol. The zero-order valence-electron chi connectivity index (χ0n) is 9.19. The second-order valence-electron chi connectivity index (χ2n) is 4.59. The minimum atomic E-state index is 0.753. The van der Waals surface area contributed by atoms with E-state index in [2.05, 4.69) is 13.8 Å². The molecule has 2 aliphatic carbocycles. The van der Waals surface area contributed by atoms with Crippen molar-refractivity contribution in [2.75, 3.05) is 0 Å². The molecule has 72 valence electrons. The fourth-order valence-corrected chi connectivity index (χ4v) is 3.15. The van der Waals surface area contributed by atoms with Gasteiger partial charge in [0.1, 0.15) is 0 Å². The number of rotatable bonds is 1. The van der Waals surface area contributed by atoms with Crippen LogP contribution in [-0.4, -0.2) is 0 Å². The van der Waals surface area contributed by atoms with Gasteiger partial charge in [0.25, 0.3) is 0 Å². The lowest BCUT2D eigenvalue weighted by Gasteiger charge is -2.32. The van der Waals surface area contributed by atoms with Crippen LogP contribution in [0.4, 0.5) is 0 Å². The summed E-state index contributed by atoms with van der Waals surface area (Å²) in [6.45, 7) is 8.86. The molecule has 0 nitrogen and oxygen atoms in total. The summed E-state index contributed by atoms with van der Waals surface area (Å²) in [4.78, 5) is 0. The smallest absolute Gasteiger partial charge is 0.0297 e. The van der Waals surface area contributed by atoms with Crippen LogP contribution in [0.1, 0.15) is 59.8 Å². The van der Waals surface area contributed by atoms with E-state index in [1.807, 2.05) is 13.8 Å². The molecule has 0 saturated heterocycles. The van der Waals surface area contributed by atoms with E-state index in [-0.39, 0.29) is 0 Å². The molecule has 0 radical (unpaired) electrons. The van der Waals surface area contributed by atoms with Crippen molar-refractivity contribution in [1.82, 2.24) is 0 Å². The summed E-state index contributed by atoms with van der Waals surface area (Å²) in [5.74, 6) is 2.22. The first kappa shape index (κ1) is 10.1. The highest BCUT2D eigenvalue weighted by atomic mass is 14.5. The van der Waals surface area contributed by atoms with E-state index in [9.17, 15) is 0 Å². The van der Waals surface area contributed by atoms with Crippen LogP contribution in [0.3, 0.4) is 0 Å². The maximum absolute atomic E-state index is 2.50. The van der Waals surface area contributed by atoms with E-state index >= 15 is 0 Å². The molecular formula is C12H24. The SMILES string of the molecule is CC.CCC1(C)CC2CCC1C2. The number of hydrogen-bond acceptors (Lipinski definition) is 0. The third kappa shape index (κ3) is 1.53. The third-order valence-corrected chi connectivity index (χ3v) is 4.09. The molecule has 2 bridgehead atoms. The average Bonchev–Trinajstić information content (AvgIpc) is 2.67. The lowest BCUT2D eigenvalue weighted by atomic mass is 9.73. The van der Waals surface area contributed by atoms with Gasteiger partial charge in [-0.25, -0.2) is 0 Å². The Balaban J connectivity index is 0.000000336. The van der Waals surface area contributed by atoms with E-state index in [0.717, 1.165) is 17.3 Å². The topological polar surface area (TPSA) is 0 Å². The number of hydrogen-bond donors (Lipinski definition) is 0. The molecule has 2 aliphatic rings. The largest absolute Gasteiger partial charge is 0.0683 e. The molecule has 3 atom stereocenters. The van der Waals surface area contributed by atoms with Gasteiger partial charge in [-0.05, 0) is 36.5 Å². The Morgan fingerprint density at radius 2 is 1.92 bits per heavy atom. The first-order valence-electron chi connectivity index (χ1n) is 5.74. The van der Waals surface area contributed by atoms with Gasteiger partial charge in [0, 0.05) is 0 Å². The highest BCUT2D eigenvalue weighted by Gasteiger charge is 2.46. The molecule has 2 rings (SSSR count). The van der Waals surface area contributed by atoms with Gasteiger partial charge in [0.2, 0.25) is 0 Å². The van der Waals surface area contributed by atoms with E-state index < -0.39 is 0 Å². The first-order chi connectivity index (χ1) is 5.74. The van der Waals surface area contributed by atoms with Crippen molar-refractivity contribution in [3.63, 3.8) is 0 Å². The second-order valence-corrected chi connectivity index (χ2v) is 4.59. The van der Waals surface area contributed by atoms with Crippen LogP contribution in [0.2, 0.25) is 0 Å². The normalized spacial score (nSPS) is 44.0. The maximum atomic E-state index is 2.50. The van der Waals surface area contributed by atoms with Crippen LogP contribution >= 0.6 is 0 Å². The van der Waals surface area contributed by atoms with E-state index in [0.29, 0.717) is 0 Å². The Morgan fingerprint density at radius 1 is 1.25 bits per heavy atom. The van der Waals surface area contributed by atoms with Gasteiger partial charge >= 0.3 is 0 Å². The van der Waals surface area contributed by atoms with Crippen LogP contribution < -0.4 is 0 Å². The van der Waals surface area contributed by atoms with Crippen LogP contribution in [0.15, 0.2) is 0 Å². The summed E-state index contributed by atoms with van der Waals surface area (Å²) in [7, 11) is 0. The summed E-state index contributed by atoms with van der Waals surface area (Å²) in [5.41, 5.74) is 0.753. The van der Waals surface area contributed by atoms with Gasteiger partial charge in [-0.2, -0.15) is 0 Å². The lowest BCUT2D eigenvalue weighted by Crippen LogP contribution is -2.22. The van der Waals surface area contributed by atoms with Crippen molar-refractivity contribution in [1.29, 1.82) is 0 Å². The standard InChI is InChI=1S/C10H18.C2H6/c1-3-10(2)7-8-4-5-9(10)6-8;1-2/h8-9H,3-7H2,1-2H3;1-2H3. The molecule has 2 saturated carbocycles. The predicted molar refractivity (Wildman–Crippen MR) is 55.2 cm³/mol. The van der Waals surface area contributed by atoms with Crippen molar-refractivity contribution in [2.45, 2.75) is 59.8 Å². The lowest BCUT2D eigenvalue weighted by molar-refractivity contribution is 0.182. The minimum Gasteiger partial charge on any atom is -0.0683 e. The Labute approximate surface area is 77.7 Å². The summed E-state index contributed by atoms with van der Waals surface area (Å²) < 4.78 is 0. The molecule has 0 aromatic carbocycles. The molecule has 0 amide bonds. The average molecular weight is 168 g/mol. The quantitative estimate of drug-likeness (QED) is 0.549. The number of fused-ring (bicyclic) bond motifs is 2. The molecule has 0 N–H and O–H groups in total. The molecule has 0 aromatic heterocycles. The van der Waals surface area contributed by atoms with Crippen LogP contribution in [0.25, 0.3) is 0 Å². The third-order valence-electron chi connectivity index (χ3n) is 4.09. The Hall–Kier alpha value is 0. The summed E-state index contributed by atoms with van der Waals surface area (Å²) in [5, 5.41) is 0. The molecule has 0 heterocycles. The van der Waals surface area contributed by atoms with Crippen molar-refractivity contribution in [3.8, 4) is 0 Å². The highest BCUT2D eigenvalue weighted by Crippen LogP contribution is 2.57. The Morgan fingerprint density at radius 3 is 2.17 bits per heavy atom. The van der Waals surface area contributed by atoms with Crippen LogP contribution in [0.5, 0.6) is 0 Å².